The molecule has 2 amide bonds. The molecule has 1 aromatic heterocycles. The smallest absolute Gasteiger partial charge is 0.253 e. The van der Waals surface area contributed by atoms with Crippen molar-refractivity contribution in [3.8, 4) is 11.1 Å². The van der Waals surface area contributed by atoms with E-state index in [0.29, 0.717) is 28.7 Å². The number of likely N-dealkylation sites (tertiary alicyclic amines) is 1. The van der Waals surface area contributed by atoms with Gasteiger partial charge in [-0.25, -0.2) is 9.83 Å². The number of aromatic nitrogens is 2. The standard InChI is InChI=1S/C30H29N7O2/c1-32-22-11-9-18(10-12-22)24-17-33-30(34-23-6-4-5-21(16-23)29(39)37-13-2-3-14-37)36-28(24)35-26-20-8-7-19(15-20)25(26)27(31)38/h4-12,16-17,19-20,25-26H,2-3,13-15H2,(H2,31,38)(H2,33,34,35,36)/t19-,20+,25+,26-/m1/s1. The molecular formula is C30H29N7O2. The molecule has 1 saturated heterocycles. The molecule has 1 saturated carbocycles. The molecule has 0 radical (unpaired) electrons. The fraction of sp³-hybridized carbons (Fsp3) is 0.300. The molecule has 3 aliphatic rings. The Morgan fingerprint density at radius 3 is 2.56 bits per heavy atom. The predicted molar refractivity (Wildman–Crippen MR) is 149 cm³/mol. The number of benzene rings is 2. The van der Waals surface area contributed by atoms with Crippen molar-refractivity contribution < 1.29 is 9.59 Å². The lowest BCUT2D eigenvalue weighted by atomic mass is 9.88. The van der Waals surface area contributed by atoms with E-state index >= 15 is 0 Å². The van der Waals surface area contributed by atoms with Crippen molar-refractivity contribution in [2.45, 2.75) is 25.3 Å². The summed E-state index contributed by atoms with van der Waals surface area (Å²) in [6.45, 7) is 8.83. The van der Waals surface area contributed by atoms with Gasteiger partial charge < -0.3 is 21.3 Å². The second kappa shape index (κ2) is 10.2. The van der Waals surface area contributed by atoms with Crippen molar-refractivity contribution >= 4 is 35.0 Å². The van der Waals surface area contributed by atoms with E-state index in [2.05, 4.69) is 32.6 Å². The zero-order valence-electron chi connectivity index (χ0n) is 21.4. The molecule has 2 heterocycles. The molecule has 0 spiro atoms. The molecule has 1 aliphatic heterocycles. The second-order valence-corrected chi connectivity index (χ2v) is 10.4. The van der Waals surface area contributed by atoms with Crippen molar-refractivity contribution in [3.05, 3.63) is 83.9 Å². The van der Waals surface area contributed by atoms with Crippen molar-refractivity contribution in [1.82, 2.24) is 14.9 Å². The Morgan fingerprint density at radius 2 is 1.82 bits per heavy atom. The van der Waals surface area contributed by atoms with Crippen LogP contribution in [0.15, 0.2) is 66.9 Å². The van der Waals surface area contributed by atoms with Gasteiger partial charge in [0.05, 0.1) is 12.5 Å². The molecule has 2 bridgehead atoms. The summed E-state index contributed by atoms with van der Waals surface area (Å²) >= 11 is 0. The highest BCUT2D eigenvalue weighted by molar-refractivity contribution is 5.95. The fourth-order valence-corrected chi connectivity index (χ4v) is 6.01. The fourth-order valence-electron chi connectivity index (χ4n) is 6.01. The monoisotopic (exact) mass is 519 g/mol. The average Bonchev–Trinajstić information content (AvgIpc) is 3.72. The van der Waals surface area contributed by atoms with Gasteiger partial charge in [0.25, 0.3) is 5.91 Å². The second-order valence-electron chi connectivity index (χ2n) is 10.4. The maximum atomic E-state index is 12.9. The Morgan fingerprint density at radius 1 is 1.05 bits per heavy atom. The minimum atomic E-state index is -0.322. The van der Waals surface area contributed by atoms with Gasteiger partial charge in [-0.15, -0.1) is 0 Å². The summed E-state index contributed by atoms with van der Waals surface area (Å²) in [5, 5.41) is 6.77. The molecule has 196 valence electrons. The Hall–Kier alpha value is -4.71. The number of hydrogen-bond donors (Lipinski definition) is 3. The van der Waals surface area contributed by atoms with E-state index in [1.54, 1.807) is 18.3 Å². The summed E-state index contributed by atoms with van der Waals surface area (Å²) in [4.78, 5) is 40.0. The SMILES string of the molecule is [C-]#[N+]c1ccc(-c2cnc(Nc3cccc(C(=O)N4CCCC4)c3)nc2N[C@H]2[C@@H](C(N)=O)[C@@H]3C=C[C@H]2C3)cc1. The lowest BCUT2D eigenvalue weighted by Gasteiger charge is -2.28. The highest BCUT2D eigenvalue weighted by atomic mass is 16.2. The molecule has 2 aromatic carbocycles. The van der Waals surface area contributed by atoms with Gasteiger partial charge in [-0.05, 0) is 54.9 Å². The topological polar surface area (TPSA) is 118 Å². The Kier molecular flexibility index (Phi) is 6.45. The van der Waals surface area contributed by atoms with Crippen LogP contribution in [0.25, 0.3) is 16.0 Å². The van der Waals surface area contributed by atoms with Crippen LogP contribution < -0.4 is 16.4 Å². The number of rotatable bonds is 7. The van der Waals surface area contributed by atoms with Crippen LogP contribution in [-0.2, 0) is 4.79 Å². The zero-order chi connectivity index (χ0) is 26.9. The molecule has 2 aliphatic carbocycles. The van der Waals surface area contributed by atoms with Gasteiger partial charge in [-0.3, -0.25) is 9.59 Å². The lowest BCUT2D eigenvalue weighted by molar-refractivity contribution is -0.122. The van der Waals surface area contributed by atoms with Crippen LogP contribution in [0, 0.1) is 24.3 Å². The van der Waals surface area contributed by atoms with E-state index in [4.69, 9.17) is 17.3 Å². The van der Waals surface area contributed by atoms with Crippen LogP contribution in [0.2, 0.25) is 0 Å². The number of allylic oxidation sites excluding steroid dienone is 1. The minimum absolute atomic E-state index is 0.0273. The van der Waals surface area contributed by atoms with E-state index in [-0.39, 0.29) is 35.6 Å². The first-order chi connectivity index (χ1) is 19.0. The Balaban J connectivity index is 1.32. The summed E-state index contributed by atoms with van der Waals surface area (Å²) in [5.41, 5.74) is 9.28. The third-order valence-electron chi connectivity index (χ3n) is 7.95. The number of hydrogen-bond acceptors (Lipinski definition) is 6. The number of carbonyl (C=O) groups excluding carboxylic acids is 2. The van der Waals surface area contributed by atoms with Gasteiger partial charge in [0.15, 0.2) is 5.69 Å². The normalized spacial score (nSPS) is 23.0. The van der Waals surface area contributed by atoms with Crippen molar-refractivity contribution in [2.24, 2.45) is 23.5 Å². The first kappa shape index (κ1) is 24.6. The molecule has 39 heavy (non-hydrogen) atoms. The molecule has 4 N–H and O–H groups in total. The minimum Gasteiger partial charge on any atom is -0.369 e. The average molecular weight is 520 g/mol. The van der Waals surface area contributed by atoms with E-state index in [0.717, 1.165) is 43.5 Å². The number of nitrogens with two attached hydrogens (primary N) is 1. The van der Waals surface area contributed by atoms with Gasteiger partial charge in [0.1, 0.15) is 5.82 Å². The third kappa shape index (κ3) is 4.81. The number of fused-ring (bicyclic) bond motifs is 2. The van der Waals surface area contributed by atoms with Crippen molar-refractivity contribution in [2.75, 3.05) is 23.7 Å². The zero-order valence-corrected chi connectivity index (χ0v) is 21.4. The highest BCUT2D eigenvalue weighted by Gasteiger charge is 2.47. The van der Waals surface area contributed by atoms with Crippen molar-refractivity contribution in [3.63, 3.8) is 0 Å². The van der Waals surface area contributed by atoms with Crippen LogP contribution in [0.3, 0.4) is 0 Å². The maximum absolute atomic E-state index is 12.9. The number of nitrogens with zero attached hydrogens (tertiary/aromatic N) is 4. The van der Waals surface area contributed by atoms with Crippen LogP contribution >= 0.6 is 0 Å². The quantitative estimate of drug-likeness (QED) is 0.306. The molecular weight excluding hydrogens is 490 g/mol. The molecule has 2 fully saturated rings. The first-order valence-electron chi connectivity index (χ1n) is 13.3. The number of amides is 2. The molecule has 9 heteroatoms. The van der Waals surface area contributed by atoms with Crippen LogP contribution in [0.1, 0.15) is 29.6 Å². The lowest BCUT2D eigenvalue weighted by Crippen LogP contribution is -2.41. The van der Waals surface area contributed by atoms with Gasteiger partial charge in [0.2, 0.25) is 11.9 Å². The van der Waals surface area contributed by atoms with E-state index in [1.165, 1.54) is 0 Å². The number of nitrogens with one attached hydrogen (secondary N) is 2. The highest BCUT2D eigenvalue weighted by Crippen LogP contribution is 2.45. The number of carbonyl (C=O) groups is 2. The van der Waals surface area contributed by atoms with E-state index in [1.807, 2.05) is 41.3 Å². The Bertz CT molecular complexity index is 1490. The third-order valence-corrected chi connectivity index (χ3v) is 7.95. The van der Waals surface area contributed by atoms with Gasteiger partial charge >= 0.3 is 0 Å². The van der Waals surface area contributed by atoms with Crippen molar-refractivity contribution in [1.29, 1.82) is 0 Å². The molecule has 6 rings (SSSR count). The van der Waals surface area contributed by atoms with Gasteiger partial charge in [0, 0.05) is 42.1 Å². The van der Waals surface area contributed by atoms with Crippen LogP contribution in [0.5, 0.6) is 0 Å². The van der Waals surface area contributed by atoms with Crippen LogP contribution in [0.4, 0.5) is 23.1 Å². The maximum Gasteiger partial charge on any atom is 0.253 e. The van der Waals surface area contributed by atoms with E-state index in [9.17, 15) is 9.59 Å². The summed E-state index contributed by atoms with van der Waals surface area (Å²) in [6.07, 6.45) is 8.92. The predicted octanol–water partition coefficient (Wildman–Crippen LogP) is 4.76. The summed E-state index contributed by atoms with van der Waals surface area (Å²) in [6, 6.07) is 14.4. The van der Waals surface area contributed by atoms with Gasteiger partial charge in [-0.1, -0.05) is 42.5 Å². The summed E-state index contributed by atoms with van der Waals surface area (Å²) < 4.78 is 0. The number of primary amides is 1. The largest absolute Gasteiger partial charge is 0.369 e. The number of anilines is 3. The van der Waals surface area contributed by atoms with E-state index < -0.39 is 0 Å². The van der Waals surface area contributed by atoms with Gasteiger partial charge in [-0.2, -0.15) is 4.98 Å². The molecule has 0 unspecified atom stereocenters. The molecule has 9 nitrogen and oxygen atoms in total. The molecule has 4 atom stereocenters. The first-order valence-corrected chi connectivity index (χ1v) is 13.3. The summed E-state index contributed by atoms with van der Waals surface area (Å²) in [5.74, 6) is 0.630. The Labute approximate surface area is 227 Å². The molecule has 3 aromatic rings. The summed E-state index contributed by atoms with van der Waals surface area (Å²) in [7, 11) is 0. The van der Waals surface area contributed by atoms with Crippen LogP contribution in [-0.4, -0.2) is 45.8 Å².